The lowest BCUT2D eigenvalue weighted by Gasteiger charge is -2.16. The molecule has 0 fully saturated rings. The van der Waals surface area contributed by atoms with Crippen LogP contribution in [-0.2, 0) is 0 Å². The zero-order chi connectivity index (χ0) is 13.0. The molecule has 0 atom stereocenters. The molecule has 0 radical (unpaired) electrons. The van der Waals surface area contributed by atoms with Gasteiger partial charge in [-0.1, -0.05) is 48.5 Å². The maximum atomic E-state index is 5.72. The van der Waals surface area contributed by atoms with E-state index >= 15 is 0 Å². The molecule has 0 aromatic heterocycles. The van der Waals surface area contributed by atoms with Crippen molar-refractivity contribution in [3.63, 3.8) is 0 Å². The molecule has 2 aromatic carbocycles. The summed E-state index contributed by atoms with van der Waals surface area (Å²) in [7, 11) is 3.74. The van der Waals surface area contributed by atoms with Crippen LogP contribution in [0, 0.1) is 0 Å². The quantitative estimate of drug-likeness (QED) is 0.763. The molecule has 0 N–H and O–H groups in total. The minimum atomic E-state index is 0.457. The van der Waals surface area contributed by atoms with Gasteiger partial charge in [-0.3, -0.25) is 0 Å². The average molecular weight is 257 g/mol. The first-order chi connectivity index (χ1) is 8.68. The lowest BCUT2D eigenvalue weighted by atomic mass is 10.1. The van der Waals surface area contributed by atoms with Crippen molar-refractivity contribution in [1.29, 1.82) is 0 Å². The molecule has 92 valence electrons. The second-order valence-corrected chi connectivity index (χ2v) is 4.47. The number of nitrogens with zero attached hydrogens (tertiary/aromatic N) is 1. The molecule has 0 aliphatic heterocycles. The Balaban J connectivity index is 2.35. The monoisotopic (exact) mass is 257 g/mol. The summed E-state index contributed by atoms with van der Waals surface area (Å²) in [5.74, 6) is 0.780. The molecule has 18 heavy (non-hydrogen) atoms. The Morgan fingerprint density at radius 3 is 2.22 bits per heavy atom. The zero-order valence-electron chi connectivity index (χ0n) is 10.5. The smallest absolute Gasteiger partial charge is 0.264 e. The van der Waals surface area contributed by atoms with Gasteiger partial charge in [-0.25, -0.2) is 0 Å². The first-order valence-corrected chi connectivity index (χ1v) is 6.13. The van der Waals surface area contributed by atoms with Gasteiger partial charge in [0.2, 0.25) is 0 Å². The van der Waals surface area contributed by atoms with E-state index in [1.165, 1.54) is 0 Å². The third-order valence-electron chi connectivity index (χ3n) is 2.53. The van der Waals surface area contributed by atoms with E-state index in [-0.39, 0.29) is 0 Å². The number of ether oxygens (including phenoxy) is 1. The van der Waals surface area contributed by atoms with Crippen LogP contribution in [0.4, 0.5) is 0 Å². The molecule has 0 spiro atoms. The first kappa shape index (κ1) is 12.6. The van der Waals surface area contributed by atoms with E-state index in [2.05, 4.69) is 12.1 Å². The van der Waals surface area contributed by atoms with Crippen LogP contribution < -0.4 is 4.74 Å². The molecule has 0 unspecified atom stereocenters. The lowest BCUT2D eigenvalue weighted by Crippen LogP contribution is -2.25. The van der Waals surface area contributed by atoms with Gasteiger partial charge in [0.25, 0.3) is 5.17 Å². The Morgan fingerprint density at radius 1 is 0.944 bits per heavy atom. The summed E-state index contributed by atoms with van der Waals surface area (Å²) in [6, 6.07) is 18.0. The highest BCUT2D eigenvalue weighted by Gasteiger charge is 2.08. The molecule has 3 heteroatoms. The minimum Gasteiger partial charge on any atom is -0.431 e. The summed E-state index contributed by atoms with van der Waals surface area (Å²) < 4.78 is 5.72. The van der Waals surface area contributed by atoms with E-state index in [0.717, 1.165) is 16.9 Å². The van der Waals surface area contributed by atoms with Crippen molar-refractivity contribution in [2.75, 3.05) is 14.1 Å². The van der Waals surface area contributed by atoms with Gasteiger partial charge in [0, 0.05) is 19.7 Å². The predicted octanol–water partition coefficient (Wildman–Crippen LogP) is 3.58. The van der Waals surface area contributed by atoms with E-state index in [1.54, 1.807) is 4.90 Å². The largest absolute Gasteiger partial charge is 0.431 e. The fourth-order valence-corrected chi connectivity index (χ4v) is 1.69. The predicted molar refractivity (Wildman–Crippen MR) is 78.8 cm³/mol. The molecule has 0 amide bonds. The number of hydrogen-bond donors (Lipinski definition) is 0. The number of rotatable bonds is 2. The van der Waals surface area contributed by atoms with Crippen molar-refractivity contribution in [3.8, 4) is 16.9 Å². The summed E-state index contributed by atoms with van der Waals surface area (Å²) in [6.07, 6.45) is 0. The van der Waals surface area contributed by atoms with Gasteiger partial charge >= 0.3 is 0 Å². The van der Waals surface area contributed by atoms with E-state index in [9.17, 15) is 0 Å². The van der Waals surface area contributed by atoms with Crippen molar-refractivity contribution < 1.29 is 4.74 Å². The molecule has 0 aliphatic rings. The molecular formula is C15H15NOS. The van der Waals surface area contributed by atoms with E-state index < -0.39 is 0 Å². The number of hydrogen-bond acceptors (Lipinski definition) is 2. The Bertz CT molecular complexity index is 537. The van der Waals surface area contributed by atoms with Crippen molar-refractivity contribution >= 4 is 17.4 Å². The summed E-state index contributed by atoms with van der Waals surface area (Å²) in [6.45, 7) is 0. The Hall–Kier alpha value is -1.87. The molecular weight excluding hydrogens is 242 g/mol. The highest BCUT2D eigenvalue weighted by molar-refractivity contribution is 7.80. The van der Waals surface area contributed by atoms with Gasteiger partial charge < -0.3 is 9.64 Å². The van der Waals surface area contributed by atoms with Crippen LogP contribution in [0.3, 0.4) is 0 Å². The summed E-state index contributed by atoms with van der Waals surface area (Å²) in [5, 5.41) is 0.457. The van der Waals surface area contributed by atoms with Crippen LogP contribution in [0.1, 0.15) is 0 Å². The van der Waals surface area contributed by atoms with Gasteiger partial charge in [-0.2, -0.15) is 0 Å². The second kappa shape index (κ2) is 5.65. The van der Waals surface area contributed by atoms with E-state index in [4.69, 9.17) is 17.0 Å². The minimum absolute atomic E-state index is 0.457. The Labute approximate surface area is 113 Å². The molecule has 0 saturated heterocycles. The lowest BCUT2D eigenvalue weighted by molar-refractivity contribution is 0.450. The molecule has 0 bridgehead atoms. The van der Waals surface area contributed by atoms with Crippen LogP contribution in [0.25, 0.3) is 11.1 Å². The number of benzene rings is 2. The van der Waals surface area contributed by atoms with Crippen molar-refractivity contribution in [1.82, 2.24) is 4.90 Å². The normalized spacial score (nSPS) is 9.89. The molecule has 2 aromatic rings. The van der Waals surface area contributed by atoms with Crippen molar-refractivity contribution in [2.45, 2.75) is 0 Å². The topological polar surface area (TPSA) is 12.5 Å². The molecule has 2 rings (SSSR count). The summed E-state index contributed by atoms with van der Waals surface area (Å²) in [4.78, 5) is 1.77. The maximum Gasteiger partial charge on any atom is 0.264 e. The summed E-state index contributed by atoms with van der Waals surface area (Å²) >= 11 is 5.17. The van der Waals surface area contributed by atoms with Crippen molar-refractivity contribution in [3.05, 3.63) is 54.6 Å². The van der Waals surface area contributed by atoms with Crippen molar-refractivity contribution in [2.24, 2.45) is 0 Å². The third-order valence-corrected chi connectivity index (χ3v) is 2.98. The van der Waals surface area contributed by atoms with Gasteiger partial charge in [-0.05, 0) is 23.8 Å². The fourth-order valence-electron chi connectivity index (χ4n) is 1.60. The Morgan fingerprint density at radius 2 is 1.56 bits per heavy atom. The van der Waals surface area contributed by atoms with E-state index in [0.29, 0.717) is 5.17 Å². The highest BCUT2D eigenvalue weighted by Crippen LogP contribution is 2.29. The number of thiocarbonyl (C=S) groups is 1. The van der Waals surface area contributed by atoms with Gasteiger partial charge in [0.15, 0.2) is 0 Å². The average Bonchev–Trinajstić information content (AvgIpc) is 2.40. The zero-order valence-corrected chi connectivity index (χ0v) is 11.3. The SMILES string of the molecule is CN(C)C(=S)Oc1ccccc1-c1ccccc1. The van der Waals surface area contributed by atoms with Gasteiger partial charge in [0.1, 0.15) is 5.75 Å². The van der Waals surface area contributed by atoms with Crippen LogP contribution in [0.15, 0.2) is 54.6 Å². The second-order valence-electron chi connectivity index (χ2n) is 4.12. The van der Waals surface area contributed by atoms with E-state index in [1.807, 2.05) is 56.6 Å². The summed E-state index contributed by atoms with van der Waals surface area (Å²) in [5.41, 5.74) is 2.16. The molecule has 0 aliphatic carbocycles. The number of para-hydroxylation sites is 1. The highest BCUT2D eigenvalue weighted by atomic mass is 32.1. The van der Waals surface area contributed by atoms with Gasteiger partial charge in [-0.15, -0.1) is 0 Å². The molecule has 2 nitrogen and oxygen atoms in total. The van der Waals surface area contributed by atoms with Crippen LogP contribution >= 0.6 is 12.2 Å². The van der Waals surface area contributed by atoms with Crippen LogP contribution in [-0.4, -0.2) is 24.2 Å². The third kappa shape index (κ3) is 2.87. The standard InChI is InChI=1S/C15H15NOS/c1-16(2)15(18)17-14-11-7-6-10-13(14)12-8-4-3-5-9-12/h3-11H,1-2H3. The molecule has 0 saturated carbocycles. The Kier molecular flexibility index (Phi) is 3.95. The van der Waals surface area contributed by atoms with Crippen LogP contribution in [0.5, 0.6) is 5.75 Å². The maximum absolute atomic E-state index is 5.72. The van der Waals surface area contributed by atoms with Crippen LogP contribution in [0.2, 0.25) is 0 Å². The first-order valence-electron chi connectivity index (χ1n) is 5.72. The molecule has 0 heterocycles. The fraction of sp³-hybridized carbons (Fsp3) is 0.133. The van der Waals surface area contributed by atoms with Gasteiger partial charge in [0.05, 0.1) is 0 Å².